The van der Waals surface area contributed by atoms with Gasteiger partial charge in [-0.15, -0.1) is 0 Å². The van der Waals surface area contributed by atoms with Gasteiger partial charge in [-0.05, 0) is 31.4 Å². The van der Waals surface area contributed by atoms with E-state index in [0.29, 0.717) is 6.54 Å². The Morgan fingerprint density at radius 2 is 2.27 bits per heavy atom. The molecule has 0 aromatic heterocycles. The second-order valence-electron chi connectivity index (χ2n) is 6.54. The van der Waals surface area contributed by atoms with Crippen LogP contribution in [0.3, 0.4) is 0 Å². The Morgan fingerprint density at radius 1 is 1.45 bits per heavy atom. The summed E-state index contributed by atoms with van der Waals surface area (Å²) in [7, 11) is 3.88. The van der Waals surface area contributed by atoms with Crippen LogP contribution in [0, 0.1) is 5.92 Å². The molecule has 1 saturated carbocycles. The fourth-order valence-electron chi connectivity index (χ4n) is 3.59. The van der Waals surface area contributed by atoms with Gasteiger partial charge in [0.2, 0.25) is 0 Å². The van der Waals surface area contributed by atoms with E-state index < -0.39 is 0 Å². The third-order valence-corrected chi connectivity index (χ3v) is 4.98. The summed E-state index contributed by atoms with van der Waals surface area (Å²) in [6.45, 7) is 1.61. The molecule has 2 amide bonds. The van der Waals surface area contributed by atoms with E-state index in [1.54, 1.807) is 11.9 Å². The van der Waals surface area contributed by atoms with E-state index in [0.717, 1.165) is 37.9 Å². The number of hydrogen-bond donors (Lipinski definition) is 2. The lowest BCUT2D eigenvalue weighted by molar-refractivity contribution is 0.116. The van der Waals surface area contributed by atoms with Crippen molar-refractivity contribution in [3.05, 3.63) is 23.8 Å². The van der Waals surface area contributed by atoms with Gasteiger partial charge in [-0.2, -0.15) is 0 Å². The lowest BCUT2D eigenvalue weighted by Gasteiger charge is -2.24. The first-order chi connectivity index (χ1) is 10.6. The highest BCUT2D eigenvalue weighted by atomic mass is 16.3. The summed E-state index contributed by atoms with van der Waals surface area (Å²) in [6.07, 6.45) is 3.63. The highest BCUT2D eigenvalue weighted by molar-refractivity contribution is 5.91. The molecule has 2 N–H and O–H groups in total. The lowest BCUT2D eigenvalue weighted by Crippen LogP contribution is -2.37. The summed E-state index contributed by atoms with van der Waals surface area (Å²) >= 11 is 0. The van der Waals surface area contributed by atoms with Gasteiger partial charge in [0.15, 0.2) is 0 Å². The van der Waals surface area contributed by atoms with Crippen LogP contribution in [-0.2, 0) is 6.42 Å². The minimum atomic E-state index is -0.259. The first-order valence-electron chi connectivity index (χ1n) is 8.09. The Morgan fingerprint density at radius 3 is 3.00 bits per heavy atom. The SMILES string of the molecule is CN(C[C@@H]1CCC[C@H]1O)C(=O)Nc1cccc2c1CCN2C. The maximum atomic E-state index is 12.4. The molecule has 5 nitrogen and oxygen atoms in total. The average Bonchev–Trinajstić information content (AvgIpc) is 3.07. The summed E-state index contributed by atoms with van der Waals surface area (Å²) < 4.78 is 0. The first-order valence-corrected chi connectivity index (χ1v) is 8.09. The van der Waals surface area contributed by atoms with Crippen LogP contribution < -0.4 is 10.2 Å². The Kier molecular flexibility index (Phi) is 4.25. The van der Waals surface area contributed by atoms with Gasteiger partial charge in [0, 0.05) is 50.0 Å². The molecule has 5 heteroatoms. The number of nitrogens with zero attached hydrogens (tertiary/aromatic N) is 2. The smallest absolute Gasteiger partial charge is 0.321 e. The van der Waals surface area contributed by atoms with Gasteiger partial charge < -0.3 is 20.2 Å². The van der Waals surface area contributed by atoms with E-state index in [1.165, 1.54) is 11.3 Å². The number of amides is 2. The van der Waals surface area contributed by atoms with Crippen LogP contribution in [0.1, 0.15) is 24.8 Å². The average molecular weight is 303 g/mol. The Bertz CT molecular complexity index is 561. The minimum Gasteiger partial charge on any atom is -0.393 e. The molecule has 2 atom stereocenters. The molecule has 0 unspecified atom stereocenters. The van der Waals surface area contributed by atoms with Gasteiger partial charge in [-0.1, -0.05) is 12.5 Å². The predicted octanol–water partition coefficient (Wildman–Crippen LogP) is 2.30. The van der Waals surface area contributed by atoms with Crippen molar-refractivity contribution in [3.8, 4) is 0 Å². The molecular weight excluding hydrogens is 278 g/mol. The van der Waals surface area contributed by atoms with Crippen molar-refractivity contribution in [2.45, 2.75) is 31.8 Å². The number of fused-ring (bicyclic) bond motifs is 1. The Hall–Kier alpha value is -1.75. The molecule has 1 aromatic carbocycles. The van der Waals surface area contributed by atoms with Gasteiger partial charge in [0.05, 0.1) is 6.10 Å². The van der Waals surface area contributed by atoms with Gasteiger partial charge >= 0.3 is 6.03 Å². The summed E-state index contributed by atoms with van der Waals surface area (Å²) in [5.74, 6) is 0.211. The third-order valence-electron chi connectivity index (χ3n) is 4.98. The largest absolute Gasteiger partial charge is 0.393 e. The molecule has 0 spiro atoms. The number of aliphatic hydroxyl groups is 1. The molecule has 0 radical (unpaired) electrons. The number of rotatable bonds is 3. The number of carbonyl (C=O) groups excluding carboxylic acids is 1. The molecule has 1 aliphatic carbocycles. The summed E-state index contributed by atoms with van der Waals surface area (Å²) in [4.78, 5) is 16.3. The van der Waals surface area contributed by atoms with Crippen LogP contribution in [0.25, 0.3) is 0 Å². The van der Waals surface area contributed by atoms with Crippen LogP contribution in [0.2, 0.25) is 0 Å². The van der Waals surface area contributed by atoms with Crippen molar-refractivity contribution in [2.24, 2.45) is 5.92 Å². The number of anilines is 2. The zero-order valence-corrected chi connectivity index (χ0v) is 13.4. The number of aliphatic hydroxyl groups excluding tert-OH is 1. The monoisotopic (exact) mass is 303 g/mol. The fourth-order valence-corrected chi connectivity index (χ4v) is 3.59. The standard InChI is InChI=1S/C17H25N3O2/c1-19-10-9-13-14(6-4-7-15(13)19)18-17(22)20(2)11-12-5-3-8-16(12)21/h4,6-7,12,16,21H,3,5,8-11H2,1-2H3,(H,18,22)/t12-,16+/m0/s1. The second kappa shape index (κ2) is 6.16. The second-order valence-corrected chi connectivity index (χ2v) is 6.54. The van der Waals surface area contributed by atoms with Crippen molar-refractivity contribution in [1.29, 1.82) is 0 Å². The maximum Gasteiger partial charge on any atom is 0.321 e. The van der Waals surface area contributed by atoms with E-state index in [1.807, 2.05) is 12.1 Å². The number of carbonyl (C=O) groups is 1. The van der Waals surface area contributed by atoms with Crippen LogP contribution >= 0.6 is 0 Å². The third kappa shape index (κ3) is 2.90. The predicted molar refractivity (Wildman–Crippen MR) is 88.4 cm³/mol. The molecule has 120 valence electrons. The molecule has 1 aromatic rings. The Labute approximate surface area is 131 Å². The number of nitrogens with one attached hydrogen (secondary N) is 1. The Balaban J connectivity index is 1.64. The van der Waals surface area contributed by atoms with Crippen LogP contribution in [0.5, 0.6) is 0 Å². The summed E-state index contributed by atoms with van der Waals surface area (Å²) in [5, 5.41) is 12.9. The molecule has 0 saturated heterocycles. The molecule has 0 bridgehead atoms. The van der Waals surface area contributed by atoms with Crippen LogP contribution in [0.4, 0.5) is 16.2 Å². The van der Waals surface area contributed by atoms with Crippen LogP contribution in [0.15, 0.2) is 18.2 Å². The van der Waals surface area contributed by atoms with E-state index in [9.17, 15) is 9.90 Å². The zero-order valence-electron chi connectivity index (χ0n) is 13.4. The van der Waals surface area contributed by atoms with Gasteiger partial charge in [-0.25, -0.2) is 4.79 Å². The summed E-state index contributed by atoms with van der Waals surface area (Å²) in [6, 6.07) is 5.95. The van der Waals surface area contributed by atoms with Crippen LogP contribution in [-0.4, -0.2) is 49.3 Å². The molecular formula is C17H25N3O2. The maximum absolute atomic E-state index is 12.4. The van der Waals surface area contributed by atoms with Crippen molar-refractivity contribution in [2.75, 3.05) is 37.4 Å². The van der Waals surface area contributed by atoms with Gasteiger partial charge in [0.1, 0.15) is 0 Å². The van der Waals surface area contributed by atoms with E-state index >= 15 is 0 Å². The number of benzene rings is 1. The van der Waals surface area contributed by atoms with Crippen molar-refractivity contribution in [1.82, 2.24) is 4.90 Å². The van der Waals surface area contributed by atoms with E-state index in [2.05, 4.69) is 23.3 Å². The van der Waals surface area contributed by atoms with Crippen molar-refractivity contribution >= 4 is 17.4 Å². The molecule has 3 rings (SSSR count). The number of likely N-dealkylation sites (N-methyl/N-ethyl adjacent to an activating group) is 1. The number of hydrogen-bond acceptors (Lipinski definition) is 3. The molecule has 1 heterocycles. The topological polar surface area (TPSA) is 55.8 Å². The molecule has 22 heavy (non-hydrogen) atoms. The zero-order chi connectivity index (χ0) is 15.7. The lowest BCUT2D eigenvalue weighted by atomic mass is 10.1. The van der Waals surface area contributed by atoms with Gasteiger partial charge in [0.25, 0.3) is 0 Å². The number of urea groups is 1. The molecule has 1 fully saturated rings. The minimum absolute atomic E-state index is 0.0953. The first kappa shape index (κ1) is 15.2. The van der Waals surface area contributed by atoms with E-state index in [-0.39, 0.29) is 18.1 Å². The fraction of sp³-hybridized carbons (Fsp3) is 0.588. The molecule has 1 aliphatic heterocycles. The van der Waals surface area contributed by atoms with Gasteiger partial charge in [-0.3, -0.25) is 0 Å². The quantitative estimate of drug-likeness (QED) is 0.901. The van der Waals surface area contributed by atoms with E-state index in [4.69, 9.17) is 0 Å². The molecule has 2 aliphatic rings. The normalized spacial score (nSPS) is 23.5. The highest BCUT2D eigenvalue weighted by Crippen LogP contribution is 2.32. The van der Waals surface area contributed by atoms with Crippen molar-refractivity contribution in [3.63, 3.8) is 0 Å². The van der Waals surface area contributed by atoms with Crippen molar-refractivity contribution < 1.29 is 9.90 Å². The summed E-state index contributed by atoms with van der Waals surface area (Å²) in [5.41, 5.74) is 3.32. The highest BCUT2D eigenvalue weighted by Gasteiger charge is 2.28.